The van der Waals surface area contributed by atoms with Crippen LogP contribution in [0.15, 0.2) is 60.7 Å². The van der Waals surface area contributed by atoms with Crippen LogP contribution in [0.4, 0.5) is 17.1 Å². The van der Waals surface area contributed by atoms with E-state index in [1.165, 1.54) is 16.7 Å². The van der Waals surface area contributed by atoms with Gasteiger partial charge in [0.25, 0.3) is 5.91 Å². The Labute approximate surface area is 210 Å². The average molecular weight is 493 g/mol. The lowest BCUT2D eigenvalue weighted by molar-refractivity contribution is 0.0944. The van der Waals surface area contributed by atoms with Crippen LogP contribution in [0.1, 0.15) is 32.6 Å². The Bertz CT molecular complexity index is 1210. The molecule has 3 aromatic rings. The van der Waals surface area contributed by atoms with Gasteiger partial charge >= 0.3 is 0 Å². The minimum Gasteiger partial charge on any atom is -0.331 e. The molecule has 3 rings (SSSR count). The molecule has 0 atom stereocenters. The van der Waals surface area contributed by atoms with Crippen LogP contribution in [-0.4, -0.2) is 16.1 Å². The highest BCUT2D eigenvalue weighted by atomic mass is 32.1. The van der Waals surface area contributed by atoms with Gasteiger partial charge < -0.3 is 10.6 Å². The molecule has 0 spiro atoms. The van der Waals surface area contributed by atoms with E-state index >= 15 is 0 Å². The van der Waals surface area contributed by atoms with Crippen LogP contribution in [0.25, 0.3) is 0 Å². The lowest BCUT2D eigenvalue weighted by Crippen LogP contribution is -2.43. The molecule has 3 aromatic carbocycles. The summed E-state index contributed by atoms with van der Waals surface area (Å²) in [5.74, 6) is -0.310. The zero-order valence-corrected chi connectivity index (χ0v) is 21.1. The highest BCUT2D eigenvalue weighted by Gasteiger charge is 2.07. The van der Waals surface area contributed by atoms with Crippen molar-refractivity contribution >= 4 is 57.6 Å². The van der Waals surface area contributed by atoms with Crippen LogP contribution in [0.3, 0.4) is 0 Å². The van der Waals surface area contributed by atoms with Gasteiger partial charge in [0.2, 0.25) is 0 Å². The minimum atomic E-state index is -0.310. The lowest BCUT2D eigenvalue weighted by atomic mass is 10.1. The number of hydrogen-bond donors (Lipinski definition) is 6. The number of hydrogen-bond acceptors (Lipinski definition) is 4. The molecule has 0 unspecified atom stereocenters. The van der Waals surface area contributed by atoms with Gasteiger partial charge in [-0.1, -0.05) is 12.1 Å². The molecule has 7 nitrogen and oxygen atoms in total. The molecule has 1 amide bonds. The maximum absolute atomic E-state index is 12.4. The standard InChI is InChI=1S/C25H28N6OS2/c1-15-5-9-21(13-17(15)3)26-24(33)30-28-20-11-7-19(8-12-20)23(32)29-31-25(34)27-22-10-6-16(2)18(4)14-22/h5-14,28H,1-4H3,(H,29,32)(H2,26,30,33)(H2,27,31,34). The zero-order chi connectivity index (χ0) is 24.7. The van der Waals surface area contributed by atoms with Crippen molar-refractivity contribution in [3.8, 4) is 0 Å². The van der Waals surface area contributed by atoms with Gasteiger partial charge in [-0.15, -0.1) is 0 Å². The number of benzene rings is 3. The van der Waals surface area contributed by atoms with Gasteiger partial charge in [-0.05, 0) is 123 Å². The van der Waals surface area contributed by atoms with Crippen molar-refractivity contribution in [3.05, 3.63) is 88.5 Å². The summed E-state index contributed by atoms with van der Waals surface area (Å²) < 4.78 is 0. The van der Waals surface area contributed by atoms with E-state index in [-0.39, 0.29) is 5.91 Å². The van der Waals surface area contributed by atoms with E-state index in [1.807, 2.05) is 50.2 Å². The second-order valence-electron chi connectivity index (χ2n) is 7.91. The first-order chi connectivity index (χ1) is 16.2. The molecule has 0 heterocycles. The molecule has 0 saturated carbocycles. The molecule has 0 radical (unpaired) electrons. The van der Waals surface area contributed by atoms with Gasteiger partial charge in [-0.3, -0.25) is 26.5 Å². The number of amides is 1. The van der Waals surface area contributed by atoms with E-state index in [2.05, 4.69) is 46.2 Å². The molecule has 0 aliphatic heterocycles. The fourth-order valence-electron chi connectivity index (χ4n) is 2.98. The normalized spacial score (nSPS) is 10.1. The molecule has 6 N–H and O–H groups in total. The Morgan fingerprint density at radius 2 is 1.06 bits per heavy atom. The first-order valence-electron chi connectivity index (χ1n) is 10.7. The second kappa shape index (κ2) is 11.4. The molecule has 0 aliphatic rings. The Morgan fingerprint density at radius 3 is 1.56 bits per heavy atom. The van der Waals surface area contributed by atoms with Crippen LogP contribution in [0.5, 0.6) is 0 Å². The van der Waals surface area contributed by atoms with Gasteiger partial charge in [0.1, 0.15) is 0 Å². The summed E-state index contributed by atoms with van der Waals surface area (Å²) >= 11 is 10.6. The van der Waals surface area contributed by atoms with Crippen LogP contribution >= 0.6 is 24.4 Å². The predicted octanol–water partition coefficient (Wildman–Crippen LogP) is 4.87. The molecule has 0 bridgehead atoms. The molecule has 9 heteroatoms. The van der Waals surface area contributed by atoms with Crippen LogP contribution in [0, 0.1) is 27.7 Å². The highest BCUT2D eigenvalue weighted by Crippen LogP contribution is 2.15. The van der Waals surface area contributed by atoms with Gasteiger partial charge in [0.05, 0.1) is 5.69 Å². The smallest absolute Gasteiger partial charge is 0.269 e. The molecular weight excluding hydrogens is 464 g/mol. The van der Waals surface area contributed by atoms with Gasteiger partial charge in [0, 0.05) is 16.9 Å². The maximum atomic E-state index is 12.4. The SMILES string of the molecule is Cc1ccc(NC(=S)NNC(=O)c2ccc(NNC(=S)Nc3ccc(C)c(C)c3)cc2)cc1C. The van der Waals surface area contributed by atoms with E-state index in [4.69, 9.17) is 24.4 Å². The number of thiocarbonyl (C=S) groups is 2. The van der Waals surface area contributed by atoms with E-state index < -0.39 is 0 Å². The average Bonchev–Trinajstić information content (AvgIpc) is 2.81. The molecule has 0 saturated heterocycles. The maximum Gasteiger partial charge on any atom is 0.269 e. The van der Waals surface area contributed by atoms with Gasteiger partial charge in [0.15, 0.2) is 10.2 Å². The predicted molar refractivity (Wildman–Crippen MR) is 148 cm³/mol. The quantitative estimate of drug-likeness (QED) is 0.222. The van der Waals surface area contributed by atoms with Crippen LogP contribution in [-0.2, 0) is 0 Å². The van der Waals surface area contributed by atoms with E-state index in [1.54, 1.807) is 24.3 Å². The topological polar surface area (TPSA) is 89.2 Å². The second-order valence-corrected chi connectivity index (χ2v) is 8.73. The van der Waals surface area contributed by atoms with Crippen molar-refractivity contribution in [3.63, 3.8) is 0 Å². The molecule has 0 fully saturated rings. The van der Waals surface area contributed by atoms with Gasteiger partial charge in [-0.25, -0.2) is 0 Å². The minimum absolute atomic E-state index is 0.295. The fraction of sp³-hybridized carbons (Fsp3) is 0.160. The summed E-state index contributed by atoms with van der Waals surface area (Å²) in [4.78, 5) is 12.4. The summed E-state index contributed by atoms with van der Waals surface area (Å²) in [7, 11) is 0. The number of anilines is 3. The zero-order valence-electron chi connectivity index (χ0n) is 19.5. The number of rotatable bonds is 5. The molecule has 176 valence electrons. The van der Waals surface area contributed by atoms with Crippen LogP contribution < -0.4 is 32.3 Å². The number of carbonyl (C=O) groups is 1. The van der Waals surface area contributed by atoms with E-state index in [0.29, 0.717) is 15.8 Å². The van der Waals surface area contributed by atoms with Crippen molar-refractivity contribution in [2.24, 2.45) is 0 Å². The number of nitrogens with one attached hydrogen (secondary N) is 6. The molecule has 0 aliphatic carbocycles. The Balaban J connectivity index is 1.44. The summed E-state index contributed by atoms with van der Waals surface area (Å²) in [6, 6.07) is 18.9. The summed E-state index contributed by atoms with van der Waals surface area (Å²) in [5, 5.41) is 6.90. The first kappa shape index (κ1) is 24.9. The van der Waals surface area contributed by atoms with Gasteiger partial charge in [-0.2, -0.15) is 0 Å². The third-order valence-corrected chi connectivity index (χ3v) is 5.69. The Hall–Kier alpha value is -3.69. The van der Waals surface area contributed by atoms with Crippen molar-refractivity contribution in [1.29, 1.82) is 0 Å². The van der Waals surface area contributed by atoms with Crippen LogP contribution in [0.2, 0.25) is 0 Å². The Morgan fingerprint density at radius 1 is 0.588 bits per heavy atom. The van der Waals surface area contributed by atoms with Crippen molar-refractivity contribution in [2.45, 2.75) is 27.7 Å². The molecular formula is C25H28N6OS2. The summed E-state index contributed by atoms with van der Waals surface area (Å²) in [6.45, 7) is 8.19. The van der Waals surface area contributed by atoms with E-state index in [9.17, 15) is 4.79 Å². The Kier molecular flexibility index (Phi) is 8.39. The largest absolute Gasteiger partial charge is 0.331 e. The summed E-state index contributed by atoms with van der Waals surface area (Å²) in [6.07, 6.45) is 0. The molecule has 34 heavy (non-hydrogen) atoms. The third-order valence-electron chi connectivity index (χ3n) is 5.29. The van der Waals surface area contributed by atoms with Crippen molar-refractivity contribution in [1.82, 2.24) is 16.3 Å². The fourth-order valence-corrected chi connectivity index (χ4v) is 3.32. The van der Waals surface area contributed by atoms with E-state index in [0.717, 1.165) is 22.6 Å². The third kappa shape index (κ3) is 7.16. The number of carbonyl (C=O) groups excluding carboxylic acids is 1. The number of hydrazine groups is 2. The van der Waals surface area contributed by atoms with Crippen molar-refractivity contribution in [2.75, 3.05) is 16.1 Å². The summed E-state index contributed by atoms with van der Waals surface area (Å²) in [5.41, 5.74) is 19.0. The lowest BCUT2D eigenvalue weighted by Gasteiger charge is -2.14. The monoisotopic (exact) mass is 492 g/mol. The van der Waals surface area contributed by atoms with Crippen molar-refractivity contribution < 1.29 is 4.79 Å². The number of aryl methyl sites for hydroxylation is 4. The highest BCUT2D eigenvalue weighted by molar-refractivity contribution is 7.80. The first-order valence-corrected chi connectivity index (χ1v) is 11.5. The molecule has 0 aromatic heterocycles.